The zero-order chi connectivity index (χ0) is 12.5. The van der Waals surface area contributed by atoms with Gasteiger partial charge in [-0.25, -0.2) is 0 Å². The van der Waals surface area contributed by atoms with Crippen molar-refractivity contribution in [2.45, 2.75) is 45.4 Å². The summed E-state index contributed by atoms with van der Waals surface area (Å²) in [6.07, 6.45) is 6.56. The summed E-state index contributed by atoms with van der Waals surface area (Å²) in [6, 6.07) is 7.88. The first-order chi connectivity index (χ1) is 8.22. The van der Waals surface area contributed by atoms with Crippen LogP contribution in [0.25, 0.3) is 0 Å². The average molecular weight is 345 g/mol. The first kappa shape index (κ1) is 14.5. The lowest BCUT2D eigenvalue weighted by molar-refractivity contribution is -0.116. The minimum absolute atomic E-state index is 0.128. The molecule has 0 aliphatic carbocycles. The van der Waals surface area contributed by atoms with Gasteiger partial charge in [0.15, 0.2) is 0 Å². The highest BCUT2D eigenvalue weighted by Crippen LogP contribution is 2.12. The number of amides is 1. The van der Waals surface area contributed by atoms with Gasteiger partial charge in [-0.2, -0.15) is 0 Å². The molecule has 3 heteroatoms. The molecule has 1 aromatic rings. The molecular weight excluding hydrogens is 325 g/mol. The monoisotopic (exact) mass is 345 g/mol. The number of hydrogen-bond acceptors (Lipinski definition) is 1. The van der Waals surface area contributed by atoms with Crippen molar-refractivity contribution in [1.29, 1.82) is 0 Å². The van der Waals surface area contributed by atoms with Crippen LogP contribution in [0.4, 0.5) is 5.69 Å². The summed E-state index contributed by atoms with van der Waals surface area (Å²) in [7, 11) is 0. The van der Waals surface area contributed by atoms with Gasteiger partial charge >= 0.3 is 0 Å². The van der Waals surface area contributed by atoms with E-state index >= 15 is 0 Å². The molecule has 17 heavy (non-hydrogen) atoms. The third-order valence-electron chi connectivity index (χ3n) is 2.64. The molecule has 0 saturated heterocycles. The van der Waals surface area contributed by atoms with E-state index < -0.39 is 0 Å². The van der Waals surface area contributed by atoms with Gasteiger partial charge < -0.3 is 5.32 Å². The summed E-state index contributed by atoms with van der Waals surface area (Å²) in [5, 5.41) is 2.92. The largest absolute Gasteiger partial charge is 0.326 e. The normalized spacial score (nSPS) is 10.2. The van der Waals surface area contributed by atoms with Crippen molar-refractivity contribution in [2.75, 3.05) is 5.32 Å². The van der Waals surface area contributed by atoms with E-state index in [1.54, 1.807) is 0 Å². The highest BCUT2D eigenvalue weighted by atomic mass is 127. The summed E-state index contributed by atoms with van der Waals surface area (Å²) in [4.78, 5) is 11.6. The number of nitrogens with one attached hydrogen (secondary N) is 1. The maximum Gasteiger partial charge on any atom is 0.224 e. The third-order valence-corrected chi connectivity index (χ3v) is 3.35. The summed E-state index contributed by atoms with van der Waals surface area (Å²) >= 11 is 2.25. The molecule has 0 bridgehead atoms. The standard InChI is InChI=1S/C14H20INO/c1-2-3-4-5-6-7-14(17)16-13-10-8-12(15)9-11-13/h8-11H,2-7H2,1H3,(H,16,17). The molecule has 0 heterocycles. The Morgan fingerprint density at radius 2 is 1.76 bits per heavy atom. The number of anilines is 1. The molecular formula is C14H20INO. The van der Waals surface area contributed by atoms with E-state index in [0.717, 1.165) is 18.5 Å². The molecule has 0 aromatic heterocycles. The molecule has 1 N–H and O–H groups in total. The van der Waals surface area contributed by atoms with Gasteiger partial charge in [0.2, 0.25) is 5.91 Å². The number of halogens is 1. The summed E-state index contributed by atoms with van der Waals surface area (Å²) in [6.45, 7) is 2.20. The van der Waals surface area contributed by atoms with E-state index in [-0.39, 0.29) is 5.91 Å². The van der Waals surface area contributed by atoms with Gasteiger partial charge in [-0.3, -0.25) is 4.79 Å². The lowest BCUT2D eigenvalue weighted by Gasteiger charge is -2.05. The number of benzene rings is 1. The SMILES string of the molecule is CCCCCCCC(=O)Nc1ccc(I)cc1. The number of hydrogen-bond donors (Lipinski definition) is 1. The predicted molar refractivity (Wildman–Crippen MR) is 81.2 cm³/mol. The average Bonchev–Trinajstić information content (AvgIpc) is 2.32. The van der Waals surface area contributed by atoms with Crippen LogP contribution in [0.15, 0.2) is 24.3 Å². The van der Waals surface area contributed by atoms with Gasteiger partial charge in [-0.15, -0.1) is 0 Å². The highest BCUT2D eigenvalue weighted by Gasteiger charge is 2.01. The molecule has 0 saturated carbocycles. The summed E-state index contributed by atoms with van der Waals surface area (Å²) in [5.41, 5.74) is 0.893. The number of rotatable bonds is 7. The first-order valence-corrected chi connectivity index (χ1v) is 7.35. The first-order valence-electron chi connectivity index (χ1n) is 6.28. The predicted octanol–water partition coefficient (Wildman–Crippen LogP) is 4.59. The van der Waals surface area contributed by atoms with Crippen LogP contribution in [-0.4, -0.2) is 5.91 Å². The molecule has 0 radical (unpaired) electrons. The fourth-order valence-electron chi connectivity index (χ4n) is 1.65. The molecule has 1 amide bonds. The number of carbonyl (C=O) groups excluding carboxylic acids is 1. The minimum atomic E-state index is 0.128. The van der Waals surface area contributed by atoms with Gasteiger partial charge in [0.05, 0.1) is 0 Å². The minimum Gasteiger partial charge on any atom is -0.326 e. The van der Waals surface area contributed by atoms with Gasteiger partial charge in [-0.1, -0.05) is 32.6 Å². The Morgan fingerprint density at radius 3 is 2.41 bits per heavy atom. The summed E-state index contributed by atoms with van der Waals surface area (Å²) < 4.78 is 1.18. The number of unbranched alkanes of at least 4 members (excludes halogenated alkanes) is 4. The van der Waals surface area contributed by atoms with E-state index in [1.807, 2.05) is 24.3 Å². The van der Waals surface area contributed by atoms with Crippen molar-refractivity contribution in [1.82, 2.24) is 0 Å². The number of carbonyl (C=O) groups is 1. The molecule has 94 valence electrons. The molecule has 0 atom stereocenters. The van der Waals surface area contributed by atoms with Gasteiger partial charge in [0.1, 0.15) is 0 Å². The van der Waals surface area contributed by atoms with Crippen molar-refractivity contribution >= 4 is 34.2 Å². The second kappa shape index (κ2) is 8.50. The van der Waals surface area contributed by atoms with Crippen LogP contribution in [0.5, 0.6) is 0 Å². The van der Waals surface area contributed by atoms with Crippen LogP contribution in [-0.2, 0) is 4.79 Å². The Balaban J connectivity index is 2.18. The Labute approximate surface area is 117 Å². The zero-order valence-electron chi connectivity index (χ0n) is 10.3. The van der Waals surface area contributed by atoms with E-state index in [9.17, 15) is 4.79 Å². The lowest BCUT2D eigenvalue weighted by Crippen LogP contribution is -2.10. The van der Waals surface area contributed by atoms with Gasteiger partial charge in [0, 0.05) is 15.7 Å². The Bertz CT molecular complexity index is 335. The smallest absolute Gasteiger partial charge is 0.224 e. The van der Waals surface area contributed by atoms with Crippen molar-refractivity contribution in [3.05, 3.63) is 27.8 Å². The van der Waals surface area contributed by atoms with Gasteiger partial charge in [0.25, 0.3) is 0 Å². The van der Waals surface area contributed by atoms with E-state index in [0.29, 0.717) is 6.42 Å². The van der Waals surface area contributed by atoms with Crippen LogP contribution < -0.4 is 5.32 Å². The van der Waals surface area contributed by atoms with Crippen LogP contribution in [0.2, 0.25) is 0 Å². The lowest BCUT2D eigenvalue weighted by atomic mass is 10.1. The van der Waals surface area contributed by atoms with E-state index in [1.165, 1.54) is 22.8 Å². The zero-order valence-corrected chi connectivity index (χ0v) is 12.5. The third kappa shape index (κ3) is 6.66. The second-order valence-corrected chi connectivity index (χ2v) is 5.46. The molecule has 0 fully saturated rings. The van der Waals surface area contributed by atoms with Gasteiger partial charge in [-0.05, 0) is 53.3 Å². The quantitative estimate of drug-likeness (QED) is 0.568. The molecule has 0 unspecified atom stereocenters. The Hall–Kier alpha value is -0.580. The maximum atomic E-state index is 11.6. The maximum absolute atomic E-state index is 11.6. The fourth-order valence-corrected chi connectivity index (χ4v) is 2.01. The van der Waals surface area contributed by atoms with Crippen LogP contribution in [0.1, 0.15) is 45.4 Å². The van der Waals surface area contributed by atoms with Crippen molar-refractivity contribution in [3.8, 4) is 0 Å². The Morgan fingerprint density at radius 1 is 1.12 bits per heavy atom. The fraction of sp³-hybridized carbons (Fsp3) is 0.500. The second-order valence-electron chi connectivity index (χ2n) is 4.22. The van der Waals surface area contributed by atoms with Crippen molar-refractivity contribution in [2.24, 2.45) is 0 Å². The topological polar surface area (TPSA) is 29.1 Å². The Kier molecular flexibility index (Phi) is 7.24. The molecule has 0 spiro atoms. The van der Waals surface area contributed by atoms with Crippen LogP contribution in [0.3, 0.4) is 0 Å². The molecule has 2 nitrogen and oxygen atoms in total. The van der Waals surface area contributed by atoms with Crippen molar-refractivity contribution in [3.63, 3.8) is 0 Å². The molecule has 1 rings (SSSR count). The highest BCUT2D eigenvalue weighted by molar-refractivity contribution is 14.1. The molecule has 0 aliphatic rings. The molecule has 0 aliphatic heterocycles. The summed E-state index contributed by atoms with van der Waals surface area (Å²) in [5.74, 6) is 0.128. The van der Waals surface area contributed by atoms with E-state index in [2.05, 4.69) is 34.8 Å². The molecule has 1 aromatic carbocycles. The van der Waals surface area contributed by atoms with Crippen molar-refractivity contribution < 1.29 is 4.79 Å². The van der Waals surface area contributed by atoms with Crippen LogP contribution in [0, 0.1) is 3.57 Å². The van der Waals surface area contributed by atoms with Crippen LogP contribution >= 0.6 is 22.6 Å². The van der Waals surface area contributed by atoms with E-state index in [4.69, 9.17) is 0 Å².